The van der Waals surface area contributed by atoms with E-state index in [1.54, 1.807) is 19.1 Å². The van der Waals surface area contributed by atoms with Crippen molar-refractivity contribution < 1.29 is 14.3 Å². The lowest BCUT2D eigenvalue weighted by Crippen LogP contribution is -2.47. The zero-order valence-corrected chi connectivity index (χ0v) is 17.8. The lowest BCUT2D eigenvalue weighted by molar-refractivity contribution is -0.123. The molecule has 2 aliphatic rings. The number of rotatable bonds is 5. The number of fused-ring (bicyclic) bond motifs is 1. The van der Waals surface area contributed by atoms with Gasteiger partial charge < -0.3 is 15.0 Å². The van der Waals surface area contributed by atoms with E-state index in [0.29, 0.717) is 18.7 Å². The van der Waals surface area contributed by atoms with Gasteiger partial charge in [0.25, 0.3) is 5.91 Å². The van der Waals surface area contributed by atoms with E-state index in [-0.39, 0.29) is 23.1 Å². The standard InChI is InChI=1S/C25H30N2O3/c1-27-16-22(20-8-4-5-9-21(20)24(27)29)23(28)26-17-25(14-6-3-7-15-25)18-10-12-19(30-2)13-11-18/h4-5,8-13,22H,3,6-7,14-17H2,1-2H3,(H,26,28). The largest absolute Gasteiger partial charge is 0.497 e. The molecular weight excluding hydrogens is 376 g/mol. The average molecular weight is 407 g/mol. The summed E-state index contributed by atoms with van der Waals surface area (Å²) >= 11 is 0. The van der Waals surface area contributed by atoms with E-state index in [9.17, 15) is 9.59 Å². The molecule has 0 radical (unpaired) electrons. The molecule has 4 rings (SSSR count). The predicted octanol–water partition coefficient (Wildman–Crippen LogP) is 3.88. The molecular formula is C25H30N2O3. The van der Waals surface area contributed by atoms with Crippen molar-refractivity contribution >= 4 is 11.8 Å². The van der Waals surface area contributed by atoms with Crippen LogP contribution >= 0.6 is 0 Å². The maximum absolute atomic E-state index is 13.3. The molecule has 1 aliphatic heterocycles. The summed E-state index contributed by atoms with van der Waals surface area (Å²) in [6.07, 6.45) is 5.73. The summed E-state index contributed by atoms with van der Waals surface area (Å²) in [6, 6.07) is 15.8. The van der Waals surface area contributed by atoms with Crippen LogP contribution in [0.2, 0.25) is 0 Å². The number of carbonyl (C=O) groups is 2. The maximum Gasteiger partial charge on any atom is 0.253 e. The Bertz CT molecular complexity index is 916. The summed E-state index contributed by atoms with van der Waals surface area (Å²) in [4.78, 5) is 27.4. The molecule has 5 nitrogen and oxygen atoms in total. The molecule has 1 aliphatic carbocycles. The van der Waals surface area contributed by atoms with Gasteiger partial charge in [-0.05, 0) is 42.2 Å². The van der Waals surface area contributed by atoms with Crippen LogP contribution in [0.5, 0.6) is 5.75 Å². The molecule has 1 saturated carbocycles. The first-order chi connectivity index (χ1) is 14.5. The Morgan fingerprint density at radius 3 is 2.50 bits per heavy atom. The summed E-state index contributed by atoms with van der Waals surface area (Å²) in [5.74, 6) is 0.498. The van der Waals surface area contributed by atoms with Crippen molar-refractivity contribution in [2.45, 2.75) is 43.4 Å². The molecule has 30 heavy (non-hydrogen) atoms. The van der Waals surface area contributed by atoms with E-state index >= 15 is 0 Å². The molecule has 5 heteroatoms. The van der Waals surface area contributed by atoms with Gasteiger partial charge in [-0.1, -0.05) is 49.6 Å². The van der Waals surface area contributed by atoms with Crippen molar-refractivity contribution in [1.29, 1.82) is 0 Å². The average Bonchev–Trinajstić information content (AvgIpc) is 2.80. The van der Waals surface area contributed by atoms with Gasteiger partial charge in [0.2, 0.25) is 5.91 Å². The first-order valence-corrected chi connectivity index (χ1v) is 10.8. The summed E-state index contributed by atoms with van der Waals surface area (Å²) in [6.45, 7) is 1.03. The third-order valence-electron chi connectivity index (χ3n) is 6.80. The molecule has 2 amide bonds. The van der Waals surface area contributed by atoms with Crippen LogP contribution in [0.3, 0.4) is 0 Å². The van der Waals surface area contributed by atoms with Crippen molar-refractivity contribution in [2.24, 2.45) is 0 Å². The Labute approximate surface area is 178 Å². The number of nitrogens with zero attached hydrogens (tertiary/aromatic N) is 1. The van der Waals surface area contributed by atoms with Gasteiger partial charge in [0, 0.05) is 31.1 Å². The Kier molecular flexibility index (Phi) is 5.80. The van der Waals surface area contributed by atoms with Gasteiger partial charge in [-0.3, -0.25) is 9.59 Å². The third kappa shape index (κ3) is 3.81. The molecule has 1 heterocycles. The molecule has 1 atom stereocenters. The van der Waals surface area contributed by atoms with E-state index in [0.717, 1.165) is 24.2 Å². The number of hydrogen-bond donors (Lipinski definition) is 1. The number of nitrogens with one attached hydrogen (secondary N) is 1. The molecule has 1 unspecified atom stereocenters. The fourth-order valence-electron chi connectivity index (χ4n) is 5.00. The number of hydrogen-bond acceptors (Lipinski definition) is 3. The number of ether oxygens (including phenoxy) is 1. The molecule has 1 fully saturated rings. The van der Waals surface area contributed by atoms with Crippen molar-refractivity contribution in [2.75, 3.05) is 27.2 Å². The minimum atomic E-state index is -0.333. The van der Waals surface area contributed by atoms with Gasteiger partial charge >= 0.3 is 0 Å². The van der Waals surface area contributed by atoms with Gasteiger partial charge in [-0.15, -0.1) is 0 Å². The second-order valence-corrected chi connectivity index (χ2v) is 8.61. The first kappa shape index (κ1) is 20.5. The van der Waals surface area contributed by atoms with Crippen LogP contribution in [0.4, 0.5) is 0 Å². The van der Waals surface area contributed by atoms with Crippen molar-refractivity contribution in [3.05, 3.63) is 65.2 Å². The van der Waals surface area contributed by atoms with Crippen LogP contribution < -0.4 is 10.1 Å². The number of likely N-dealkylation sites (N-methyl/N-ethyl adjacent to an activating group) is 1. The maximum atomic E-state index is 13.3. The highest BCUT2D eigenvalue weighted by atomic mass is 16.5. The van der Waals surface area contributed by atoms with E-state index < -0.39 is 0 Å². The van der Waals surface area contributed by atoms with E-state index in [1.807, 2.05) is 36.4 Å². The first-order valence-electron chi connectivity index (χ1n) is 10.8. The quantitative estimate of drug-likeness (QED) is 0.820. The van der Waals surface area contributed by atoms with Crippen molar-refractivity contribution in [1.82, 2.24) is 10.2 Å². The Morgan fingerprint density at radius 2 is 1.80 bits per heavy atom. The molecule has 2 aromatic rings. The topological polar surface area (TPSA) is 58.6 Å². The second-order valence-electron chi connectivity index (χ2n) is 8.61. The Morgan fingerprint density at radius 1 is 1.10 bits per heavy atom. The smallest absolute Gasteiger partial charge is 0.253 e. The third-order valence-corrected chi connectivity index (χ3v) is 6.80. The minimum Gasteiger partial charge on any atom is -0.497 e. The number of benzene rings is 2. The summed E-state index contributed by atoms with van der Waals surface area (Å²) in [7, 11) is 3.44. The summed E-state index contributed by atoms with van der Waals surface area (Å²) < 4.78 is 5.32. The van der Waals surface area contributed by atoms with Gasteiger partial charge in [0.15, 0.2) is 0 Å². The van der Waals surface area contributed by atoms with Crippen LogP contribution in [0.25, 0.3) is 0 Å². The van der Waals surface area contributed by atoms with E-state index in [4.69, 9.17) is 4.74 Å². The summed E-state index contributed by atoms with van der Waals surface area (Å²) in [5.41, 5.74) is 2.68. The number of methoxy groups -OCH3 is 1. The van der Waals surface area contributed by atoms with Crippen LogP contribution in [-0.2, 0) is 10.2 Å². The van der Waals surface area contributed by atoms with Gasteiger partial charge in [0.1, 0.15) is 5.75 Å². The second kappa shape index (κ2) is 8.50. The molecule has 158 valence electrons. The highest BCUT2D eigenvalue weighted by Gasteiger charge is 2.37. The van der Waals surface area contributed by atoms with Crippen LogP contribution in [0.1, 0.15) is 59.5 Å². The van der Waals surface area contributed by atoms with E-state index in [2.05, 4.69) is 17.4 Å². The lowest BCUT2D eigenvalue weighted by Gasteiger charge is -2.39. The molecule has 0 saturated heterocycles. The Balaban J connectivity index is 1.54. The zero-order chi connectivity index (χ0) is 21.1. The molecule has 2 aromatic carbocycles. The minimum absolute atomic E-state index is 0.000241. The van der Waals surface area contributed by atoms with Crippen molar-refractivity contribution in [3.8, 4) is 5.75 Å². The van der Waals surface area contributed by atoms with Crippen LogP contribution in [0, 0.1) is 0 Å². The van der Waals surface area contributed by atoms with Gasteiger partial charge in [0.05, 0.1) is 13.0 Å². The van der Waals surface area contributed by atoms with Crippen LogP contribution in [-0.4, -0.2) is 44.0 Å². The number of carbonyl (C=O) groups excluding carboxylic acids is 2. The molecule has 0 bridgehead atoms. The SMILES string of the molecule is COc1ccc(C2(CNC(=O)C3CN(C)C(=O)c4ccccc43)CCCCC2)cc1. The van der Waals surface area contributed by atoms with Gasteiger partial charge in [-0.2, -0.15) is 0 Å². The Hall–Kier alpha value is -2.82. The highest BCUT2D eigenvalue weighted by molar-refractivity contribution is 6.00. The van der Waals surface area contributed by atoms with Crippen molar-refractivity contribution in [3.63, 3.8) is 0 Å². The fraction of sp³-hybridized carbons (Fsp3) is 0.440. The molecule has 1 N–H and O–H groups in total. The summed E-state index contributed by atoms with van der Waals surface area (Å²) in [5, 5.41) is 3.26. The fourth-order valence-corrected chi connectivity index (χ4v) is 5.00. The van der Waals surface area contributed by atoms with Crippen LogP contribution in [0.15, 0.2) is 48.5 Å². The van der Waals surface area contributed by atoms with E-state index in [1.165, 1.54) is 24.8 Å². The predicted molar refractivity (Wildman–Crippen MR) is 117 cm³/mol. The molecule has 0 aromatic heterocycles. The zero-order valence-electron chi connectivity index (χ0n) is 17.8. The normalized spacial score (nSPS) is 20.4. The highest BCUT2D eigenvalue weighted by Crippen LogP contribution is 2.40. The lowest BCUT2D eigenvalue weighted by atomic mass is 9.69. The monoisotopic (exact) mass is 406 g/mol. The molecule has 0 spiro atoms. The number of amides is 2. The van der Waals surface area contributed by atoms with Gasteiger partial charge in [-0.25, -0.2) is 0 Å².